The predicted octanol–water partition coefficient (Wildman–Crippen LogP) is 1.90. The van der Waals surface area contributed by atoms with Crippen molar-refractivity contribution in [2.24, 2.45) is 5.73 Å². The molecule has 0 spiro atoms. The van der Waals surface area contributed by atoms with Crippen molar-refractivity contribution in [1.29, 1.82) is 0 Å². The van der Waals surface area contributed by atoms with Crippen LogP contribution in [-0.2, 0) is 4.79 Å². The van der Waals surface area contributed by atoms with Gasteiger partial charge in [-0.15, -0.1) is 0 Å². The summed E-state index contributed by atoms with van der Waals surface area (Å²) in [6, 6.07) is 7.62. The molecule has 0 atom stereocenters. The van der Waals surface area contributed by atoms with E-state index in [1.165, 1.54) is 0 Å². The summed E-state index contributed by atoms with van der Waals surface area (Å²) in [7, 11) is 1.76. The number of hydrogen-bond acceptors (Lipinski definition) is 2. The normalized spacial score (nSPS) is 17.3. The average Bonchev–Trinajstić information content (AvgIpc) is 2.97. The molecule has 0 heterocycles. The third-order valence-corrected chi connectivity index (χ3v) is 3.26. The van der Waals surface area contributed by atoms with Gasteiger partial charge < -0.3 is 10.6 Å². The van der Waals surface area contributed by atoms with E-state index in [0.29, 0.717) is 0 Å². The second-order valence-electron chi connectivity index (χ2n) is 4.00. The SMILES string of the molecule is CN(C(=O)C1(N)CC1)c1ccc(Br)cc1. The molecular weight excluding hydrogens is 256 g/mol. The van der Waals surface area contributed by atoms with Gasteiger partial charge in [0, 0.05) is 17.2 Å². The first-order valence-electron chi connectivity index (χ1n) is 4.85. The van der Waals surface area contributed by atoms with Crippen molar-refractivity contribution in [2.75, 3.05) is 11.9 Å². The van der Waals surface area contributed by atoms with Gasteiger partial charge in [-0.25, -0.2) is 0 Å². The van der Waals surface area contributed by atoms with Crippen molar-refractivity contribution < 1.29 is 4.79 Å². The number of hydrogen-bond donors (Lipinski definition) is 1. The third kappa shape index (κ3) is 2.06. The molecule has 0 aliphatic heterocycles. The first-order chi connectivity index (χ1) is 7.03. The average molecular weight is 269 g/mol. The Labute approximate surface area is 97.4 Å². The van der Waals surface area contributed by atoms with E-state index < -0.39 is 5.54 Å². The standard InChI is InChI=1S/C11H13BrN2O/c1-14(10(15)11(13)6-7-11)9-4-2-8(12)3-5-9/h2-5H,6-7,13H2,1H3. The Kier molecular flexibility index (Phi) is 2.56. The van der Waals surface area contributed by atoms with Gasteiger partial charge in [-0.1, -0.05) is 15.9 Å². The van der Waals surface area contributed by atoms with Crippen molar-refractivity contribution in [3.05, 3.63) is 28.7 Å². The lowest BCUT2D eigenvalue weighted by Gasteiger charge is -2.20. The Bertz CT molecular complexity index is 384. The molecule has 0 unspecified atom stereocenters. The molecule has 0 aromatic heterocycles. The molecule has 1 aliphatic carbocycles. The molecule has 1 aromatic rings. The number of carbonyl (C=O) groups is 1. The Morgan fingerprint density at radius 2 is 1.93 bits per heavy atom. The quantitative estimate of drug-likeness (QED) is 0.891. The summed E-state index contributed by atoms with van der Waals surface area (Å²) >= 11 is 3.36. The maximum atomic E-state index is 11.9. The summed E-state index contributed by atoms with van der Waals surface area (Å²) in [5.74, 6) is 0.00447. The van der Waals surface area contributed by atoms with Crippen molar-refractivity contribution >= 4 is 27.5 Å². The molecule has 1 saturated carbocycles. The van der Waals surface area contributed by atoms with Crippen LogP contribution in [-0.4, -0.2) is 18.5 Å². The number of rotatable bonds is 2. The zero-order valence-corrected chi connectivity index (χ0v) is 10.1. The zero-order chi connectivity index (χ0) is 11.1. The van der Waals surface area contributed by atoms with Gasteiger partial charge in [0.05, 0.1) is 5.54 Å². The molecule has 2 rings (SSSR count). The number of carbonyl (C=O) groups excluding carboxylic acids is 1. The van der Waals surface area contributed by atoms with E-state index in [0.717, 1.165) is 23.0 Å². The lowest BCUT2D eigenvalue weighted by atomic mass is 10.2. The molecule has 0 saturated heterocycles. The highest BCUT2D eigenvalue weighted by molar-refractivity contribution is 9.10. The summed E-state index contributed by atoms with van der Waals surface area (Å²) in [6.07, 6.45) is 1.60. The number of benzene rings is 1. The highest BCUT2D eigenvalue weighted by Gasteiger charge is 2.47. The molecule has 1 fully saturated rings. The summed E-state index contributed by atoms with van der Waals surface area (Å²) < 4.78 is 1.00. The maximum absolute atomic E-state index is 11.9. The Morgan fingerprint density at radius 3 is 2.40 bits per heavy atom. The van der Waals surface area contributed by atoms with Crippen LogP contribution in [0.4, 0.5) is 5.69 Å². The molecular formula is C11H13BrN2O. The van der Waals surface area contributed by atoms with Crippen molar-refractivity contribution in [2.45, 2.75) is 18.4 Å². The minimum Gasteiger partial charge on any atom is -0.317 e. The number of nitrogens with zero attached hydrogens (tertiary/aromatic N) is 1. The number of likely N-dealkylation sites (N-methyl/N-ethyl adjacent to an activating group) is 1. The van der Waals surface area contributed by atoms with E-state index in [2.05, 4.69) is 15.9 Å². The second-order valence-corrected chi connectivity index (χ2v) is 4.91. The number of nitrogens with two attached hydrogens (primary N) is 1. The number of amides is 1. The summed E-state index contributed by atoms with van der Waals surface area (Å²) in [5, 5.41) is 0. The fourth-order valence-electron chi connectivity index (χ4n) is 1.46. The van der Waals surface area contributed by atoms with E-state index in [9.17, 15) is 4.79 Å². The first-order valence-corrected chi connectivity index (χ1v) is 5.65. The Morgan fingerprint density at radius 1 is 1.40 bits per heavy atom. The Balaban J connectivity index is 2.17. The summed E-state index contributed by atoms with van der Waals surface area (Å²) in [6.45, 7) is 0. The molecule has 15 heavy (non-hydrogen) atoms. The van der Waals surface area contributed by atoms with Crippen LogP contribution < -0.4 is 10.6 Å². The number of halogens is 1. The van der Waals surface area contributed by atoms with Gasteiger partial charge >= 0.3 is 0 Å². The van der Waals surface area contributed by atoms with Crippen LogP contribution >= 0.6 is 15.9 Å². The molecule has 1 amide bonds. The fourth-order valence-corrected chi connectivity index (χ4v) is 1.73. The van der Waals surface area contributed by atoms with Crippen LogP contribution in [0.15, 0.2) is 28.7 Å². The molecule has 2 N–H and O–H groups in total. The van der Waals surface area contributed by atoms with Gasteiger partial charge in [0.25, 0.3) is 0 Å². The maximum Gasteiger partial charge on any atom is 0.246 e. The van der Waals surface area contributed by atoms with E-state index in [-0.39, 0.29) is 5.91 Å². The fraction of sp³-hybridized carbons (Fsp3) is 0.364. The number of anilines is 1. The topological polar surface area (TPSA) is 46.3 Å². The van der Waals surface area contributed by atoms with Crippen LogP contribution in [0.2, 0.25) is 0 Å². The van der Waals surface area contributed by atoms with E-state index in [1.54, 1.807) is 11.9 Å². The molecule has 3 nitrogen and oxygen atoms in total. The van der Waals surface area contributed by atoms with Gasteiger partial charge in [-0.2, -0.15) is 0 Å². The monoisotopic (exact) mass is 268 g/mol. The minimum atomic E-state index is -0.595. The van der Waals surface area contributed by atoms with Crippen molar-refractivity contribution in [3.63, 3.8) is 0 Å². The van der Waals surface area contributed by atoms with Crippen molar-refractivity contribution in [3.8, 4) is 0 Å². The molecule has 4 heteroatoms. The van der Waals surface area contributed by atoms with Crippen LogP contribution in [0.1, 0.15) is 12.8 Å². The van der Waals surface area contributed by atoms with Crippen molar-refractivity contribution in [1.82, 2.24) is 0 Å². The zero-order valence-electron chi connectivity index (χ0n) is 8.53. The molecule has 0 bridgehead atoms. The van der Waals surface area contributed by atoms with Crippen LogP contribution in [0.25, 0.3) is 0 Å². The van der Waals surface area contributed by atoms with Gasteiger partial charge in [0.1, 0.15) is 0 Å². The van der Waals surface area contributed by atoms with E-state index in [4.69, 9.17) is 5.73 Å². The van der Waals surface area contributed by atoms with E-state index >= 15 is 0 Å². The lowest BCUT2D eigenvalue weighted by Crippen LogP contribution is -2.43. The summed E-state index contributed by atoms with van der Waals surface area (Å²) in [5.41, 5.74) is 6.14. The largest absolute Gasteiger partial charge is 0.317 e. The highest BCUT2D eigenvalue weighted by Crippen LogP contribution is 2.35. The lowest BCUT2D eigenvalue weighted by molar-refractivity contribution is -0.120. The highest BCUT2D eigenvalue weighted by atomic mass is 79.9. The van der Waals surface area contributed by atoms with Gasteiger partial charge in [0.15, 0.2) is 0 Å². The first kappa shape index (κ1) is 10.6. The van der Waals surface area contributed by atoms with Gasteiger partial charge in [-0.3, -0.25) is 4.79 Å². The van der Waals surface area contributed by atoms with E-state index in [1.807, 2.05) is 24.3 Å². The molecule has 1 aliphatic rings. The molecule has 0 radical (unpaired) electrons. The molecule has 80 valence electrons. The Hall–Kier alpha value is -0.870. The molecule has 1 aromatic carbocycles. The van der Waals surface area contributed by atoms with Crippen LogP contribution in [0, 0.1) is 0 Å². The summed E-state index contributed by atoms with van der Waals surface area (Å²) in [4.78, 5) is 13.5. The van der Waals surface area contributed by atoms with Crippen LogP contribution in [0.5, 0.6) is 0 Å². The van der Waals surface area contributed by atoms with Gasteiger partial charge in [-0.05, 0) is 37.1 Å². The van der Waals surface area contributed by atoms with Crippen LogP contribution in [0.3, 0.4) is 0 Å². The third-order valence-electron chi connectivity index (χ3n) is 2.73. The smallest absolute Gasteiger partial charge is 0.246 e. The van der Waals surface area contributed by atoms with Gasteiger partial charge in [0.2, 0.25) is 5.91 Å². The second kappa shape index (κ2) is 3.61. The minimum absolute atomic E-state index is 0.00447. The predicted molar refractivity (Wildman–Crippen MR) is 63.7 cm³/mol.